The summed E-state index contributed by atoms with van der Waals surface area (Å²) in [6, 6.07) is 6.44. The Morgan fingerprint density at radius 1 is 1.28 bits per heavy atom. The molecule has 5 atom stereocenters. The molecule has 3 aliphatic rings. The van der Waals surface area contributed by atoms with Crippen molar-refractivity contribution in [2.45, 2.75) is 58.0 Å². The largest absolute Gasteiger partial charge is 0.497 e. The van der Waals surface area contributed by atoms with E-state index in [-0.39, 0.29) is 17.2 Å². The highest BCUT2D eigenvalue weighted by Crippen LogP contribution is 2.60. The minimum atomic E-state index is -0.538. The van der Waals surface area contributed by atoms with Crippen LogP contribution in [0.3, 0.4) is 0 Å². The number of benzene rings is 1. The van der Waals surface area contributed by atoms with Gasteiger partial charge in [0.25, 0.3) is 0 Å². The minimum absolute atomic E-state index is 0.145. The molecule has 4 rings (SSSR count). The molecule has 0 aliphatic heterocycles. The van der Waals surface area contributed by atoms with E-state index in [1.165, 1.54) is 18.1 Å². The van der Waals surface area contributed by atoms with Crippen LogP contribution >= 0.6 is 0 Å². The number of esters is 1. The average Bonchev–Trinajstić information content (AvgIpc) is 2.85. The van der Waals surface area contributed by atoms with Crippen LogP contribution in [0.25, 0.3) is 0 Å². The fourth-order valence-electron chi connectivity index (χ4n) is 5.75. The van der Waals surface area contributed by atoms with E-state index in [0.717, 1.165) is 31.4 Å². The van der Waals surface area contributed by atoms with Gasteiger partial charge in [0.05, 0.1) is 7.11 Å². The van der Waals surface area contributed by atoms with E-state index < -0.39 is 6.10 Å². The predicted octanol–water partition coefficient (Wildman–Crippen LogP) is 3.66. The number of carbonyl (C=O) groups is 2. The first-order chi connectivity index (χ1) is 11.9. The van der Waals surface area contributed by atoms with Crippen molar-refractivity contribution in [1.82, 2.24) is 0 Å². The Balaban J connectivity index is 1.64. The smallest absolute Gasteiger partial charge is 0.303 e. The lowest BCUT2D eigenvalue weighted by atomic mass is 9.55. The van der Waals surface area contributed by atoms with Crippen LogP contribution in [0.5, 0.6) is 5.75 Å². The van der Waals surface area contributed by atoms with Gasteiger partial charge in [-0.1, -0.05) is 13.0 Å². The van der Waals surface area contributed by atoms with Crippen molar-refractivity contribution >= 4 is 11.8 Å². The molecule has 4 nitrogen and oxygen atoms in total. The Labute approximate surface area is 148 Å². The van der Waals surface area contributed by atoms with Crippen molar-refractivity contribution in [3.8, 4) is 5.75 Å². The summed E-state index contributed by atoms with van der Waals surface area (Å²) < 4.78 is 10.7. The quantitative estimate of drug-likeness (QED) is 0.770. The predicted molar refractivity (Wildman–Crippen MR) is 93.6 cm³/mol. The first-order valence-electron chi connectivity index (χ1n) is 9.32. The monoisotopic (exact) mass is 342 g/mol. The molecular weight excluding hydrogens is 316 g/mol. The molecule has 0 aromatic heterocycles. The zero-order valence-corrected chi connectivity index (χ0v) is 15.2. The molecule has 3 aliphatic carbocycles. The Morgan fingerprint density at radius 2 is 2.08 bits per heavy atom. The summed E-state index contributed by atoms with van der Waals surface area (Å²) in [5.41, 5.74) is 2.50. The van der Waals surface area contributed by atoms with Gasteiger partial charge in [0.2, 0.25) is 0 Å². The van der Waals surface area contributed by atoms with E-state index in [4.69, 9.17) is 9.47 Å². The highest BCUT2D eigenvalue weighted by molar-refractivity contribution is 5.92. The van der Waals surface area contributed by atoms with Gasteiger partial charge in [0, 0.05) is 12.3 Å². The molecule has 0 heterocycles. The van der Waals surface area contributed by atoms with Crippen LogP contribution in [-0.2, 0) is 20.7 Å². The summed E-state index contributed by atoms with van der Waals surface area (Å²) in [6.45, 7) is 3.49. The van der Waals surface area contributed by atoms with Gasteiger partial charge < -0.3 is 9.47 Å². The van der Waals surface area contributed by atoms with Gasteiger partial charge in [-0.15, -0.1) is 0 Å². The molecule has 4 heteroatoms. The van der Waals surface area contributed by atoms with Crippen molar-refractivity contribution in [3.63, 3.8) is 0 Å². The van der Waals surface area contributed by atoms with Crippen LogP contribution in [0.4, 0.5) is 0 Å². The lowest BCUT2D eigenvalue weighted by Crippen LogP contribution is -2.43. The number of methoxy groups -OCH3 is 1. The van der Waals surface area contributed by atoms with E-state index in [1.807, 2.05) is 0 Å². The summed E-state index contributed by atoms with van der Waals surface area (Å²) in [5.74, 6) is 2.05. The van der Waals surface area contributed by atoms with Crippen LogP contribution < -0.4 is 4.74 Å². The van der Waals surface area contributed by atoms with E-state index in [0.29, 0.717) is 24.2 Å². The Hall–Kier alpha value is -1.84. The SMILES string of the molecule is COc1ccc2c(c1)CCC1C2CCC2(C)C(=O)C(OC(C)=O)CC12. The summed E-state index contributed by atoms with van der Waals surface area (Å²) in [5, 5.41) is 0. The number of hydrogen-bond acceptors (Lipinski definition) is 4. The second-order valence-electron chi connectivity index (χ2n) is 8.13. The zero-order valence-electron chi connectivity index (χ0n) is 15.2. The fourth-order valence-corrected chi connectivity index (χ4v) is 5.75. The topological polar surface area (TPSA) is 52.6 Å². The number of Topliss-reactive ketones (excluding diaryl/α,β-unsaturated/α-hetero) is 1. The van der Waals surface area contributed by atoms with E-state index in [2.05, 4.69) is 25.1 Å². The number of rotatable bonds is 2. The van der Waals surface area contributed by atoms with Gasteiger partial charge >= 0.3 is 5.97 Å². The molecule has 1 aromatic rings. The van der Waals surface area contributed by atoms with Gasteiger partial charge in [0.1, 0.15) is 5.75 Å². The molecule has 0 spiro atoms. The minimum Gasteiger partial charge on any atom is -0.497 e. The normalized spacial score (nSPS) is 36.2. The number of ketones is 1. The van der Waals surface area contributed by atoms with Crippen molar-refractivity contribution in [1.29, 1.82) is 0 Å². The molecule has 0 saturated heterocycles. The molecule has 25 heavy (non-hydrogen) atoms. The van der Waals surface area contributed by atoms with E-state index >= 15 is 0 Å². The standard InChI is InChI=1S/C21H26O4/c1-12(22)25-19-11-18-17-6-4-13-10-14(24-3)5-7-15(13)16(17)8-9-21(18,2)20(19)23/h5,7,10,16-19H,4,6,8-9,11H2,1-3H3. The van der Waals surface area contributed by atoms with Crippen molar-refractivity contribution in [2.24, 2.45) is 17.3 Å². The molecule has 0 radical (unpaired) electrons. The van der Waals surface area contributed by atoms with Gasteiger partial charge in [-0.3, -0.25) is 9.59 Å². The highest BCUT2D eigenvalue weighted by atomic mass is 16.5. The summed E-state index contributed by atoms with van der Waals surface area (Å²) in [6.07, 6.45) is 4.22. The van der Waals surface area contributed by atoms with Crippen LogP contribution in [0, 0.1) is 17.3 Å². The van der Waals surface area contributed by atoms with Crippen LogP contribution in [0.15, 0.2) is 18.2 Å². The van der Waals surface area contributed by atoms with Crippen LogP contribution in [0.2, 0.25) is 0 Å². The maximum atomic E-state index is 12.9. The van der Waals surface area contributed by atoms with E-state index in [1.54, 1.807) is 7.11 Å². The number of carbonyl (C=O) groups excluding carboxylic acids is 2. The summed E-state index contributed by atoms with van der Waals surface area (Å²) in [4.78, 5) is 24.3. The second kappa shape index (κ2) is 5.86. The van der Waals surface area contributed by atoms with Crippen molar-refractivity contribution in [2.75, 3.05) is 7.11 Å². The van der Waals surface area contributed by atoms with Gasteiger partial charge in [-0.05, 0) is 73.1 Å². The Bertz CT molecular complexity index is 725. The third kappa shape index (κ3) is 2.49. The molecule has 0 amide bonds. The van der Waals surface area contributed by atoms with Crippen LogP contribution in [-0.4, -0.2) is 25.0 Å². The number of ether oxygens (including phenoxy) is 2. The lowest BCUT2D eigenvalue weighted by molar-refractivity contribution is -0.153. The van der Waals surface area contributed by atoms with Crippen LogP contribution in [0.1, 0.15) is 56.6 Å². The summed E-state index contributed by atoms with van der Waals surface area (Å²) >= 11 is 0. The third-order valence-electron chi connectivity index (χ3n) is 6.95. The fraction of sp³-hybridized carbons (Fsp3) is 0.619. The highest BCUT2D eigenvalue weighted by Gasteiger charge is 2.59. The van der Waals surface area contributed by atoms with Crippen molar-refractivity contribution in [3.05, 3.63) is 29.3 Å². The molecule has 134 valence electrons. The Morgan fingerprint density at radius 3 is 2.80 bits per heavy atom. The lowest BCUT2D eigenvalue weighted by Gasteiger charge is -2.48. The first-order valence-corrected chi connectivity index (χ1v) is 9.32. The van der Waals surface area contributed by atoms with E-state index in [9.17, 15) is 9.59 Å². The maximum absolute atomic E-state index is 12.9. The maximum Gasteiger partial charge on any atom is 0.303 e. The molecule has 5 unspecified atom stereocenters. The third-order valence-corrected chi connectivity index (χ3v) is 6.95. The molecule has 2 fully saturated rings. The number of hydrogen-bond donors (Lipinski definition) is 0. The molecule has 2 saturated carbocycles. The van der Waals surface area contributed by atoms with Gasteiger partial charge in [-0.2, -0.15) is 0 Å². The van der Waals surface area contributed by atoms with Gasteiger partial charge in [-0.25, -0.2) is 0 Å². The average molecular weight is 342 g/mol. The molecular formula is C21H26O4. The van der Waals surface area contributed by atoms with Crippen molar-refractivity contribution < 1.29 is 19.1 Å². The molecule has 1 aromatic carbocycles. The van der Waals surface area contributed by atoms with Gasteiger partial charge in [0.15, 0.2) is 11.9 Å². The zero-order chi connectivity index (χ0) is 17.8. The molecule has 0 N–H and O–H groups in total. The second-order valence-corrected chi connectivity index (χ2v) is 8.13. The first kappa shape index (κ1) is 16.6. The summed E-state index contributed by atoms with van der Waals surface area (Å²) in [7, 11) is 1.71. The Kier molecular flexibility index (Phi) is 3.89. The molecule has 0 bridgehead atoms. The number of aryl methyl sites for hydroxylation is 1. The number of fused-ring (bicyclic) bond motifs is 5.